The van der Waals surface area contributed by atoms with Crippen LogP contribution < -0.4 is 5.32 Å². The molecule has 0 radical (unpaired) electrons. The van der Waals surface area contributed by atoms with E-state index in [2.05, 4.69) is 57.6 Å². The van der Waals surface area contributed by atoms with E-state index in [-0.39, 0.29) is 0 Å². The molecule has 2 N–H and O–H groups in total. The molecule has 5 rings (SSSR count). The first-order valence-corrected chi connectivity index (χ1v) is 14.4. The van der Waals surface area contributed by atoms with Crippen molar-refractivity contribution < 1.29 is 0 Å². The number of anilines is 1. The highest BCUT2D eigenvalue weighted by Crippen LogP contribution is 2.35. The van der Waals surface area contributed by atoms with E-state index in [4.69, 9.17) is 16.6 Å². The van der Waals surface area contributed by atoms with Gasteiger partial charge in [0, 0.05) is 23.2 Å². The van der Waals surface area contributed by atoms with Gasteiger partial charge in [-0.1, -0.05) is 43.3 Å². The van der Waals surface area contributed by atoms with Crippen molar-refractivity contribution in [1.29, 1.82) is 0 Å². The molecular formula is C31H33ClN6S. The molecule has 6 nitrogen and oxygen atoms in total. The summed E-state index contributed by atoms with van der Waals surface area (Å²) in [6, 6.07) is 7.96. The summed E-state index contributed by atoms with van der Waals surface area (Å²) in [5, 5.41) is 11.1. The number of fused-ring (bicyclic) bond motifs is 1. The number of likely N-dealkylation sites (tertiary alicyclic amines) is 1. The second-order valence-corrected chi connectivity index (χ2v) is 11.5. The van der Waals surface area contributed by atoms with Gasteiger partial charge >= 0.3 is 0 Å². The third kappa shape index (κ3) is 6.06. The number of hydrogen-bond donors (Lipinski definition) is 2. The number of hydrogen-bond acceptors (Lipinski definition) is 6. The van der Waals surface area contributed by atoms with Crippen LogP contribution in [0.1, 0.15) is 43.1 Å². The topological polar surface area (TPSA) is 69.7 Å². The molecule has 0 saturated carbocycles. The zero-order valence-electron chi connectivity index (χ0n) is 22.4. The van der Waals surface area contributed by atoms with E-state index in [0.717, 1.165) is 68.0 Å². The van der Waals surface area contributed by atoms with Crippen LogP contribution in [0.4, 0.5) is 5.69 Å². The summed E-state index contributed by atoms with van der Waals surface area (Å²) in [4.78, 5) is 13.0. The molecule has 5 heterocycles. The number of allylic oxidation sites excluding steroid dienone is 3. The van der Waals surface area contributed by atoms with Crippen molar-refractivity contribution in [2.75, 3.05) is 25.0 Å². The lowest BCUT2D eigenvalue weighted by Gasteiger charge is -2.26. The predicted molar refractivity (Wildman–Crippen MR) is 166 cm³/mol. The quantitative estimate of drug-likeness (QED) is 0.204. The summed E-state index contributed by atoms with van der Waals surface area (Å²) in [6.07, 6.45) is 13.8. The Bertz CT molecular complexity index is 1570. The van der Waals surface area contributed by atoms with Gasteiger partial charge in [0.1, 0.15) is 11.2 Å². The van der Waals surface area contributed by atoms with Crippen molar-refractivity contribution in [3.05, 3.63) is 94.9 Å². The maximum atomic E-state index is 6.17. The van der Waals surface area contributed by atoms with Crippen LogP contribution in [0, 0.1) is 6.92 Å². The second kappa shape index (κ2) is 12.1. The van der Waals surface area contributed by atoms with Crippen LogP contribution in [0.2, 0.25) is 4.34 Å². The third-order valence-corrected chi connectivity index (χ3v) is 8.36. The number of thiophene rings is 1. The Morgan fingerprint density at radius 1 is 1.18 bits per heavy atom. The number of aromatic nitrogens is 4. The summed E-state index contributed by atoms with van der Waals surface area (Å²) in [5.41, 5.74) is 9.02. The smallest absolute Gasteiger partial charge is 0.134 e. The lowest BCUT2D eigenvalue weighted by molar-refractivity contribution is 0.248. The van der Waals surface area contributed by atoms with Crippen LogP contribution in [-0.2, 0) is 0 Å². The highest BCUT2D eigenvalue weighted by atomic mass is 35.5. The fraction of sp³-hybridized carbons (Fsp3) is 0.258. The molecule has 0 atom stereocenters. The summed E-state index contributed by atoms with van der Waals surface area (Å²) < 4.78 is 0.749. The Morgan fingerprint density at radius 2 is 2.00 bits per heavy atom. The highest BCUT2D eigenvalue weighted by Gasteiger charge is 2.16. The van der Waals surface area contributed by atoms with Crippen molar-refractivity contribution in [3.63, 3.8) is 0 Å². The van der Waals surface area contributed by atoms with Crippen molar-refractivity contribution in [1.82, 2.24) is 25.1 Å². The Labute approximate surface area is 238 Å². The lowest BCUT2D eigenvalue weighted by Crippen LogP contribution is -2.31. The molecule has 0 bridgehead atoms. The minimum Gasteiger partial charge on any atom is -0.353 e. The van der Waals surface area contributed by atoms with E-state index in [9.17, 15) is 0 Å². The number of halogens is 1. The zero-order chi connectivity index (χ0) is 27.4. The largest absolute Gasteiger partial charge is 0.353 e. The van der Waals surface area contributed by atoms with Gasteiger partial charge in [-0.15, -0.1) is 11.3 Å². The van der Waals surface area contributed by atoms with Crippen LogP contribution in [0.15, 0.2) is 73.6 Å². The van der Waals surface area contributed by atoms with E-state index >= 15 is 0 Å². The Morgan fingerprint density at radius 3 is 2.72 bits per heavy atom. The Kier molecular flexibility index (Phi) is 8.41. The summed E-state index contributed by atoms with van der Waals surface area (Å²) in [6.45, 7) is 15.7. The van der Waals surface area contributed by atoms with Gasteiger partial charge in [-0.3, -0.25) is 15.0 Å². The number of piperidine rings is 1. The first-order chi connectivity index (χ1) is 19.0. The van der Waals surface area contributed by atoms with E-state index in [0.29, 0.717) is 11.4 Å². The molecule has 0 unspecified atom stereocenters. The second-order valence-electron chi connectivity index (χ2n) is 9.74. The van der Waals surface area contributed by atoms with Crippen molar-refractivity contribution in [3.8, 4) is 10.4 Å². The first-order valence-electron chi connectivity index (χ1n) is 13.2. The average molecular weight is 557 g/mol. The lowest BCUT2D eigenvalue weighted by atomic mass is 10.0. The molecule has 4 aromatic rings. The van der Waals surface area contributed by atoms with Crippen LogP contribution in [0.5, 0.6) is 0 Å². The number of aromatic amines is 1. The van der Waals surface area contributed by atoms with Crippen molar-refractivity contribution in [2.24, 2.45) is 0 Å². The van der Waals surface area contributed by atoms with E-state index in [1.165, 1.54) is 36.2 Å². The standard InChI is InChI=1S/C31H33ClN6S/c1-5-22(19-38-14-8-7-9-15-38)16-23(6-2)25-10-11-26-31(35-25)30(37-36-26)21(4)34-27-18-33-17-24(20(27)3)28-12-13-29(32)39-28/h5-6,10-13,16-18,34H,1,4,7-9,14-15,19H2,2-3H3,(H,36,37)/b22-16+,23-6+. The van der Waals surface area contributed by atoms with Gasteiger partial charge in [0.15, 0.2) is 0 Å². The van der Waals surface area contributed by atoms with Crippen molar-refractivity contribution >= 4 is 50.9 Å². The van der Waals surface area contributed by atoms with Gasteiger partial charge in [-0.2, -0.15) is 5.10 Å². The van der Waals surface area contributed by atoms with E-state index < -0.39 is 0 Å². The molecule has 0 spiro atoms. The maximum Gasteiger partial charge on any atom is 0.134 e. The summed E-state index contributed by atoms with van der Waals surface area (Å²) in [5.74, 6) is 0. The van der Waals surface area contributed by atoms with Crippen molar-refractivity contribution in [2.45, 2.75) is 33.1 Å². The summed E-state index contributed by atoms with van der Waals surface area (Å²) >= 11 is 7.70. The molecule has 8 heteroatoms. The number of H-pyrrole nitrogens is 1. The molecule has 1 fully saturated rings. The molecule has 39 heavy (non-hydrogen) atoms. The van der Waals surface area contributed by atoms with Gasteiger partial charge < -0.3 is 5.32 Å². The van der Waals surface area contributed by atoms with E-state index in [1.807, 2.05) is 43.5 Å². The zero-order valence-corrected chi connectivity index (χ0v) is 24.0. The highest BCUT2D eigenvalue weighted by molar-refractivity contribution is 7.19. The fourth-order valence-electron chi connectivity index (χ4n) is 4.90. The number of nitrogens with zero attached hydrogens (tertiary/aromatic N) is 4. The van der Waals surface area contributed by atoms with Crippen LogP contribution in [-0.4, -0.2) is 44.7 Å². The number of nitrogens with one attached hydrogen (secondary N) is 2. The van der Waals surface area contributed by atoms with Crippen LogP contribution in [0.3, 0.4) is 0 Å². The van der Waals surface area contributed by atoms with Gasteiger partial charge in [-0.25, -0.2) is 4.98 Å². The Hall–Kier alpha value is -3.52. The first kappa shape index (κ1) is 27.1. The third-order valence-electron chi connectivity index (χ3n) is 7.10. The molecular weight excluding hydrogens is 524 g/mol. The normalized spacial score (nSPS) is 15.1. The molecule has 0 amide bonds. The molecule has 0 aromatic carbocycles. The minimum atomic E-state index is 0.645. The maximum absolute atomic E-state index is 6.17. The van der Waals surface area contributed by atoms with Crippen LogP contribution in [0.25, 0.3) is 32.7 Å². The molecule has 0 aliphatic carbocycles. The number of rotatable bonds is 9. The van der Waals surface area contributed by atoms with E-state index in [1.54, 1.807) is 6.20 Å². The van der Waals surface area contributed by atoms with Gasteiger partial charge in [0.25, 0.3) is 0 Å². The average Bonchev–Trinajstić information content (AvgIpc) is 3.58. The van der Waals surface area contributed by atoms with Gasteiger partial charge in [0.2, 0.25) is 0 Å². The SMILES string of the molecule is C=C/C(=C\C(=C/C)c1ccc2[nH]nc(C(=C)Nc3cncc(-c4ccc(Cl)s4)c3C)c2n1)CN1CCCCC1. The minimum absolute atomic E-state index is 0.645. The Balaban J connectivity index is 1.40. The molecule has 1 aliphatic heterocycles. The predicted octanol–water partition coefficient (Wildman–Crippen LogP) is 8.13. The van der Waals surface area contributed by atoms with Gasteiger partial charge in [-0.05, 0) is 86.8 Å². The summed E-state index contributed by atoms with van der Waals surface area (Å²) in [7, 11) is 0. The molecule has 200 valence electrons. The molecule has 4 aromatic heterocycles. The molecule has 1 aliphatic rings. The fourth-order valence-corrected chi connectivity index (χ4v) is 6.01. The van der Waals surface area contributed by atoms with Gasteiger partial charge in [0.05, 0.1) is 33.1 Å². The van der Waals surface area contributed by atoms with Crippen LogP contribution >= 0.6 is 22.9 Å². The molecule has 1 saturated heterocycles. The monoisotopic (exact) mass is 556 g/mol. The number of pyridine rings is 2.